The van der Waals surface area contributed by atoms with Gasteiger partial charge in [-0.2, -0.15) is 0 Å². The first-order valence-corrected chi connectivity index (χ1v) is 10.7. The summed E-state index contributed by atoms with van der Waals surface area (Å²) >= 11 is 0. The minimum absolute atomic E-state index is 0.0299. The fourth-order valence-electron chi connectivity index (χ4n) is 3.58. The van der Waals surface area contributed by atoms with Crippen molar-refractivity contribution in [3.63, 3.8) is 0 Å². The number of likely N-dealkylation sites (N-methyl/N-ethyl adjacent to an activating group) is 1. The number of nitrogens with zero attached hydrogens (tertiary/aromatic N) is 2. The van der Waals surface area contributed by atoms with Crippen molar-refractivity contribution in [1.82, 2.24) is 20.4 Å². The quantitative estimate of drug-likeness (QED) is 0.604. The number of amides is 2. The third kappa shape index (κ3) is 6.60. The zero-order valence-corrected chi connectivity index (χ0v) is 17.1. The molecule has 1 heterocycles. The molecule has 1 saturated heterocycles. The molecular weight excluding hydrogens is 352 g/mol. The molecule has 1 saturated carbocycles. The van der Waals surface area contributed by atoms with Crippen molar-refractivity contribution in [2.75, 3.05) is 52.9 Å². The molecule has 0 spiro atoms. The first kappa shape index (κ1) is 20.8. The molecule has 0 bridgehead atoms. The highest BCUT2D eigenvalue weighted by Gasteiger charge is 2.20. The van der Waals surface area contributed by atoms with Crippen molar-refractivity contribution >= 4 is 11.8 Å². The van der Waals surface area contributed by atoms with E-state index in [2.05, 4.69) is 15.5 Å². The van der Waals surface area contributed by atoms with E-state index in [4.69, 9.17) is 0 Å². The number of nitrogens with one attached hydrogen (secondary N) is 2. The maximum Gasteiger partial charge on any atom is 0.253 e. The molecule has 2 amide bonds. The molecule has 0 atom stereocenters. The van der Waals surface area contributed by atoms with E-state index in [1.54, 1.807) is 29.2 Å². The van der Waals surface area contributed by atoms with Crippen LogP contribution in [0.2, 0.25) is 0 Å². The lowest BCUT2D eigenvalue weighted by Crippen LogP contribution is -2.38. The Labute approximate surface area is 168 Å². The van der Waals surface area contributed by atoms with Gasteiger partial charge < -0.3 is 20.4 Å². The Bertz CT molecular complexity index is 654. The van der Waals surface area contributed by atoms with Gasteiger partial charge in [0, 0.05) is 44.4 Å². The van der Waals surface area contributed by atoms with Crippen molar-refractivity contribution in [2.24, 2.45) is 5.92 Å². The lowest BCUT2D eigenvalue weighted by Gasteiger charge is -2.28. The highest BCUT2D eigenvalue weighted by molar-refractivity contribution is 5.99. The Hall–Kier alpha value is -1.92. The van der Waals surface area contributed by atoms with Crippen LogP contribution in [0.1, 0.15) is 52.8 Å². The number of carbonyl (C=O) groups is 2. The van der Waals surface area contributed by atoms with Crippen LogP contribution in [0.5, 0.6) is 0 Å². The van der Waals surface area contributed by atoms with Crippen LogP contribution < -0.4 is 10.6 Å². The molecule has 28 heavy (non-hydrogen) atoms. The first-order valence-electron chi connectivity index (χ1n) is 10.7. The summed E-state index contributed by atoms with van der Waals surface area (Å²) in [6.45, 7) is 6.31. The smallest absolute Gasteiger partial charge is 0.253 e. The van der Waals surface area contributed by atoms with Gasteiger partial charge in [-0.15, -0.1) is 0 Å². The molecule has 1 aliphatic heterocycles. The van der Waals surface area contributed by atoms with Crippen LogP contribution in [0, 0.1) is 5.92 Å². The Kier molecular flexibility index (Phi) is 7.86. The molecule has 0 radical (unpaired) electrons. The van der Waals surface area contributed by atoms with Crippen LogP contribution in [-0.4, -0.2) is 74.5 Å². The first-order chi connectivity index (χ1) is 13.6. The zero-order chi connectivity index (χ0) is 19.8. The number of hydrogen-bond donors (Lipinski definition) is 2. The third-order valence-corrected chi connectivity index (χ3v) is 5.64. The van der Waals surface area contributed by atoms with Crippen molar-refractivity contribution in [3.05, 3.63) is 35.4 Å². The van der Waals surface area contributed by atoms with E-state index in [0.717, 1.165) is 38.6 Å². The minimum atomic E-state index is -0.126. The highest BCUT2D eigenvalue weighted by atomic mass is 16.2. The molecule has 2 N–H and O–H groups in total. The average Bonchev–Trinajstić information content (AvgIpc) is 3.56. The van der Waals surface area contributed by atoms with Crippen LogP contribution >= 0.6 is 0 Å². The molecule has 1 aromatic rings. The molecule has 1 aliphatic carbocycles. The van der Waals surface area contributed by atoms with Crippen molar-refractivity contribution in [2.45, 2.75) is 32.1 Å². The van der Waals surface area contributed by atoms with E-state index in [9.17, 15) is 9.59 Å². The predicted octanol–water partition coefficient (Wildman–Crippen LogP) is 1.97. The monoisotopic (exact) mass is 386 g/mol. The number of piperidine rings is 1. The molecule has 3 rings (SSSR count). The summed E-state index contributed by atoms with van der Waals surface area (Å²) in [5.41, 5.74) is 1.11. The fourth-order valence-corrected chi connectivity index (χ4v) is 3.58. The maximum atomic E-state index is 12.7. The lowest BCUT2D eigenvalue weighted by molar-refractivity contribution is 0.0773. The summed E-state index contributed by atoms with van der Waals surface area (Å²) < 4.78 is 0. The summed E-state index contributed by atoms with van der Waals surface area (Å²) in [5, 5.41) is 6.28. The van der Waals surface area contributed by atoms with Gasteiger partial charge in [-0.3, -0.25) is 9.59 Å². The molecule has 0 unspecified atom stereocenters. The van der Waals surface area contributed by atoms with Crippen LogP contribution in [0.15, 0.2) is 24.3 Å². The molecule has 154 valence electrons. The molecule has 6 heteroatoms. The predicted molar refractivity (Wildman–Crippen MR) is 112 cm³/mol. The maximum absolute atomic E-state index is 12.7. The Morgan fingerprint density at radius 2 is 1.86 bits per heavy atom. The zero-order valence-electron chi connectivity index (χ0n) is 17.1. The molecule has 2 fully saturated rings. The number of rotatable bonds is 10. The van der Waals surface area contributed by atoms with E-state index >= 15 is 0 Å². The van der Waals surface area contributed by atoms with Gasteiger partial charge in [0.2, 0.25) is 0 Å². The van der Waals surface area contributed by atoms with Gasteiger partial charge in [-0.1, -0.05) is 12.5 Å². The summed E-state index contributed by atoms with van der Waals surface area (Å²) in [6.07, 6.45) is 6.48. The largest absolute Gasteiger partial charge is 0.351 e. The van der Waals surface area contributed by atoms with E-state index in [0.29, 0.717) is 24.2 Å². The van der Waals surface area contributed by atoms with Gasteiger partial charge in [0.25, 0.3) is 11.8 Å². The summed E-state index contributed by atoms with van der Waals surface area (Å²) in [7, 11) is 1.84. The number of likely N-dealkylation sites (tertiary alicyclic amines) is 1. The van der Waals surface area contributed by atoms with Crippen molar-refractivity contribution < 1.29 is 9.59 Å². The lowest BCUT2D eigenvalue weighted by atomic mass is 10.1. The van der Waals surface area contributed by atoms with E-state index in [1.807, 2.05) is 7.05 Å². The molecular formula is C22H34N4O2. The summed E-state index contributed by atoms with van der Waals surface area (Å²) in [4.78, 5) is 29.3. The third-order valence-electron chi connectivity index (χ3n) is 5.64. The number of hydrogen-bond acceptors (Lipinski definition) is 4. The van der Waals surface area contributed by atoms with Gasteiger partial charge in [0.1, 0.15) is 0 Å². The van der Waals surface area contributed by atoms with Gasteiger partial charge in [0.05, 0.1) is 0 Å². The second-order valence-electron chi connectivity index (χ2n) is 8.11. The van der Waals surface area contributed by atoms with E-state index < -0.39 is 0 Å². The second-order valence-corrected chi connectivity index (χ2v) is 8.11. The van der Waals surface area contributed by atoms with Crippen molar-refractivity contribution in [3.8, 4) is 0 Å². The standard InChI is InChI=1S/C22H34N4O2/c1-25(14-15-26-12-3-2-4-13-26)22(28)20-7-5-6-19(16-20)21(27)24-11-10-23-17-18-8-9-18/h5-7,16,18,23H,2-4,8-15,17H2,1H3,(H,24,27). The topological polar surface area (TPSA) is 64.7 Å². The average molecular weight is 387 g/mol. The van der Waals surface area contributed by atoms with Gasteiger partial charge in [-0.25, -0.2) is 0 Å². The Balaban J connectivity index is 1.43. The molecule has 1 aromatic carbocycles. The number of carbonyl (C=O) groups excluding carboxylic acids is 2. The molecule has 6 nitrogen and oxygen atoms in total. The van der Waals surface area contributed by atoms with Crippen LogP contribution in [0.4, 0.5) is 0 Å². The summed E-state index contributed by atoms with van der Waals surface area (Å²) in [6, 6.07) is 7.03. The molecule has 0 aromatic heterocycles. The van der Waals surface area contributed by atoms with Gasteiger partial charge in [0.15, 0.2) is 0 Å². The normalized spacial score (nSPS) is 17.3. The van der Waals surface area contributed by atoms with Crippen LogP contribution in [0.25, 0.3) is 0 Å². The van der Waals surface area contributed by atoms with Gasteiger partial charge >= 0.3 is 0 Å². The van der Waals surface area contributed by atoms with E-state index in [-0.39, 0.29) is 11.8 Å². The van der Waals surface area contributed by atoms with Crippen LogP contribution in [0.3, 0.4) is 0 Å². The minimum Gasteiger partial charge on any atom is -0.351 e. The number of benzene rings is 1. The second kappa shape index (κ2) is 10.6. The van der Waals surface area contributed by atoms with Gasteiger partial charge in [-0.05, 0) is 69.4 Å². The van der Waals surface area contributed by atoms with E-state index in [1.165, 1.54) is 32.1 Å². The Morgan fingerprint density at radius 3 is 2.61 bits per heavy atom. The fraction of sp³-hybridized carbons (Fsp3) is 0.636. The SMILES string of the molecule is CN(CCN1CCCCC1)C(=O)c1cccc(C(=O)NCCNCC2CC2)c1. The highest BCUT2D eigenvalue weighted by Crippen LogP contribution is 2.27. The molecule has 2 aliphatic rings. The summed E-state index contributed by atoms with van der Waals surface area (Å²) in [5.74, 6) is 0.682. The van der Waals surface area contributed by atoms with Crippen LogP contribution in [-0.2, 0) is 0 Å². The Morgan fingerprint density at radius 1 is 1.11 bits per heavy atom. The van der Waals surface area contributed by atoms with Crippen molar-refractivity contribution in [1.29, 1.82) is 0 Å².